The van der Waals surface area contributed by atoms with Crippen molar-refractivity contribution in [1.29, 1.82) is 0 Å². The molecule has 7 nitrogen and oxygen atoms in total. The van der Waals surface area contributed by atoms with Gasteiger partial charge in [0.15, 0.2) is 0 Å². The first-order chi connectivity index (χ1) is 16.7. The molecule has 1 aliphatic heterocycles. The Labute approximate surface area is 203 Å². The summed E-state index contributed by atoms with van der Waals surface area (Å²) >= 11 is 6.04. The van der Waals surface area contributed by atoms with Crippen LogP contribution in [0.1, 0.15) is 17.7 Å². The summed E-state index contributed by atoms with van der Waals surface area (Å²) in [6, 6.07) is 17.4. The van der Waals surface area contributed by atoms with E-state index in [0.717, 1.165) is 67.1 Å². The normalized spacial score (nSPS) is 14.6. The number of hydrogen-bond donors (Lipinski definition) is 0. The molecule has 0 atom stereocenters. The summed E-state index contributed by atoms with van der Waals surface area (Å²) in [4.78, 5) is 26.5. The highest BCUT2D eigenvalue weighted by Gasteiger charge is 2.18. The van der Waals surface area contributed by atoms with Gasteiger partial charge in [-0.15, -0.1) is 0 Å². The fourth-order valence-corrected chi connectivity index (χ4v) is 4.58. The second-order valence-electron chi connectivity index (χ2n) is 8.55. The third-order valence-electron chi connectivity index (χ3n) is 6.28. The van der Waals surface area contributed by atoms with Crippen LogP contribution in [-0.4, -0.2) is 57.4 Å². The van der Waals surface area contributed by atoms with Gasteiger partial charge in [-0.25, -0.2) is 14.6 Å². The molecule has 8 heteroatoms. The highest BCUT2D eigenvalue weighted by atomic mass is 35.5. The van der Waals surface area contributed by atoms with Gasteiger partial charge < -0.3 is 4.90 Å². The Morgan fingerprint density at radius 2 is 1.53 bits per heavy atom. The van der Waals surface area contributed by atoms with Crippen molar-refractivity contribution in [3.05, 3.63) is 93.6 Å². The molecule has 0 aliphatic carbocycles. The van der Waals surface area contributed by atoms with Crippen molar-refractivity contribution in [1.82, 2.24) is 24.6 Å². The smallest absolute Gasteiger partial charge is 0.274 e. The van der Waals surface area contributed by atoms with E-state index in [4.69, 9.17) is 16.7 Å². The van der Waals surface area contributed by atoms with Crippen LogP contribution < -0.4 is 10.5 Å². The highest BCUT2D eigenvalue weighted by Crippen LogP contribution is 2.18. The van der Waals surface area contributed by atoms with E-state index in [-0.39, 0.29) is 5.56 Å². The van der Waals surface area contributed by atoms with Crippen molar-refractivity contribution >= 4 is 28.3 Å². The highest BCUT2D eigenvalue weighted by molar-refractivity contribution is 6.30. The molecular formula is C26H27ClN6O. The van der Waals surface area contributed by atoms with Crippen LogP contribution in [0.25, 0.3) is 10.8 Å². The lowest BCUT2D eigenvalue weighted by molar-refractivity contribution is 0.247. The molecule has 4 aromatic rings. The largest absolute Gasteiger partial charge is 0.338 e. The van der Waals surface area contributed by atoms with E-state index in [1.165, 1.54) is 0 Å². The fourth-order valence-electron chi connectivity index (χ4n) is 4.45. The Morgan fingerprint density at radius 1 is 0.824 bits per heavy atom. The second-order valence-corrected chi connectivity index (χ2v) is 8.99. The Bertz CT molecular complexity index is 1300. The zero-order chi connectivity index (χ0) is 23.3. The molecular weight excluding hydrogens is 448 g/mol. The number of aromatic nitrogens is 4. The maximum atomic E-state index is 13.1. The summed E-state index contributed by atoms with van der Waals surface area (Å²) in [5, 5.41) is 7.13. The van der Waals surface area contributed by atoms with Gasteiger partial charge in [0.05, 0.1) is 11.1 Å². The minimum atomic E-state index is -0.0264. The lowest BCUT2D eigenvalue weighted by atomic mass is 10.0. The average Bonchev–Trinajstić information content (AvgIpc) is 2.89. The van der Waals surface area contributed by atoms with Crippen molar-refractivity contribution in [2.24, 2.45) is 0 Å². The maximum Gasteiger partial charge on any atom is 0.274 e. The summed E-state index contributed by atoms with van der Waals surface area (Å²) in [5.74, 6) is 0.794. The van der Waals surface area contributed by atoms with Crippen molar-refractivity contribution in [3.8, 4) is 0 Å². The van der Waals surface area contributed by atoms with E-state index < -0.39 is 0 Å². The Hall–Kier alpha value is -3.29. The van der Waals surface area contributed by atoms with Gasteiger partial charge in [0.1, 0.15) is 0 Å². The number of rotatable bonds is 7. The number of halogens is 1. The molecule has 174 valence electrons. The summed E-state index contributed by atoms with van der Waals surface area (Å²) in [5.41, 5.74) is 2.00. The van der Waals surface area contributed by atoms with Crippen LogP contribution in [-0.2, 0) is 13.0 Å². The summed E-state index contributed by atoms with van der Waals surface area (Å²) in [6.07, 6.45) is 5.09. The van der Waals surface area contributed by atoms with Crippen LogP contribution in [0.15, 0.2) is 71.8 Å². The van der Waals surface area contributed by atoms with Crippen LogP contribution >= 0.6 is 11.6 Å². The molecule has 2 aromatic carbocycles. The first kappa shape index (κ1) is 22.5. The molecule has 3 heterocycles. The van der Waals surface area contributed by atoms with Crippen molar-refractivity contribution in [2.75, 3.05) is 37.6 Å². The quantitative estimate of drug-likeness (QED) is 0.407. The second kappa shape index (κ2) is 10.3. The predicted octanol–water partition coefficient (Wildman–Crippen LogP) is 3.64. The van der Waals surface area contributed by atoms with E-state index >= 15 is 0 Å². The van der Waals surface area contributed by atoms with E-state index in [1.807, 2.05) is 54.6 Å². The molecule has 0 N–H and O–H groups in total. The number of fused-ring (bicyclic) bond motifs is 1. The van der Waals surface area contributed by atoms with E-state index in [9.17, 15) is 4.79 Å². The molecule has 0 spiro atoms. The van der Waals surface area contributed by atoms with Gasteiger partial charge in [-0.2, -0.15) is 5.10 Å². The molecule has 0 radical (unpaired) electrons. The zero-order valence-electron chi connectivity index (χ0n) is 19.0. The Kier molecular flexibility index (Phi) is 6.83. The monoisotopic (exact) mass is 474 g/mol. The van der Waals surface area contributed by atoms with Gasteiger partial charge in [-0.05, 0) is 36.2 Å². The van der Waals surface area contributed by atoms with Crippen LogP contribution in [0.3, 0.4) is 0 Å². The van der Waals surface area contributed by atoms with E-state index in [2.05, 4.69) is 19.8 Å². The minimum Gasteiger partial charge on any atom is -0.338 e. The van der Waals surface area contributed by atoms with Crippen molar-refractivity contribution in [2.45, 2.75) is 19.4 Å². The number of nitrogens with zero attached hydrogens (tertiary/aromatic N) is 6. The molecule has 1 fully saturated rings. The Balaban J connectivity index is 1.25. The van der Waals surface area contributed by atoms with Crippen LogP contribution in [0.4, 0.5) is 5.95 Å². The summed E-state index contributed by atoms with van der Waals surface area (Å²) < 4.78 is 1.64. The topological polar surface area (TPSA) is 67.2 Å². The fraction of sp³-hybridized carbons (Fsp3) is 0.308. The van der Waals surface area contributed by atoms with Crippen molar-refractivity contribution in [3.63, 3.8) is 0 Å². The lowest BCUT2D eigenvalue weighted by Gasteiger charge is -2.34. The molecule has 0 bridgehead atoms. The van der Waals surface area contributed by atoms with Crippen LogP contribution in [0, 0.1) is 0 Å². The molecule has 1 aliphatic rings. The Morgan fingerprint density at radius 3 is 2.26 bits per heavy atom. The number of anilines is 1. The molecule has 0 unspecified atom stereocenters. The van der Waals surface area contributed by atoms with Gasteiger partial charge in [-0.3, -0.25) is 9.69 Å². The van der Waals surface area contributed by atoms with Gasteiger partial charge in [-0.1, -0.05) is 41.9 Å². The molecule has 2 aromatic heterocycles. The van der Waals surface area contributed by atoms with Gasteiger partial charge >= 0.3 is 0 Å². The molecule has 5 rings (SSSR count). The number of aryl methyl sites for hydroxylation is 1. The van der Waals surface area contributed by atoms with Crippen LogP contribution in [0.5, 0.6) is 0 Å². The van der Waals surface area contributed by atoms with Gasteiger partial charge in [0.25, 0.3) is 5.56 Å². The number of hydrogen-bond acceptors (Lipinski definition) is 6. The number of piperazine rings is 1. The third kappa shape index (κ3) is 5.11. The molecule has 34 heavy (non-hydrogen) atoms. The predicted molar refractivity (Wildman–Crippen MR) is 136 cm³/mol. The minimum absolute atomic E-state index is 0.0264. The SMILES string of the molecule is O=c1c2ccccc2c(Cc2ccc(Cl)cc2)nn1CCCN1CCN(c2ncccn2)CC1. The maximum absolute atomic E-state index is 13.1. The number of benzene rings is 2. The zero-order valence-corrected chi connectivity index (χ0v) is 19.7. The standard InChI is InChI=1S/C26H27ClN6O/c27-21-9-7-20(8-10-21)19-24-22-5-1-2-6-23(22)25(34)33(30-24)14-4-13-31-15-17-32(18-16-31)26-28-11-3-12-29-26/h1-3,5-12H,4,13-19H2. The molecule has 0 amide bonds. The van der Waals surface area contributed by atoms with Gasteiger partial charge in [0, 0.05) is 68.5 Å². The molecule has 0 saturated carbocycles. The first-order valence-electron chi connectivity index (χ1n) is 11.6. The van der Waals surface area contributed by atoms with Crippen molar-refractivity contribution < 1.29 is 0 Å². The van der Waals surface area contributed by atoms with Crippen LogP contribution in [0.2, 0.25) is 5.02 Å². The average molecular weight is 475 g/mol. The molecule has 1 saturated heterocycles. The summed E-state index contributed by atoms with van der Waals surface area (Å²) in [7, 11) is 0. The van der Waals surface area contributed by atoms with E-state index in [1.54, 1.807) is 17.1 Å². The van der Waals surface area contributed by atoms with Gasteiger partial charge in [0.2, 0.25) is 5.95 Å². The third-order valence-corrected chi connectivity index (χ3v) is 6.53. The first-order valence-corrected chi connectivity index (χ1v) is 12.0. The summed E-state index contributed by atoms with van der Waals surface area (Å²) in [6.45, 7) is 5.25. The lowest BCUT2D eigenvalue weighted by Crippen LogP contribution is -2.47. The van der Waals surface area contributed by atoms with E-state index in [0.29, 0.717) is 18.0 Å².